The van der Waals surface area contributed by atoms with Crippen LogP contribution in [0.25, 0.3) is 0 Å². The van der Waals surface area contributed by atoms with Gasteiger partial charge in [-0.05, 0) is 11.9 Å². The number of rotatable bonds is 4. The molecule has 6 nitrogen and oxygen atoms in total. The van der Waals surface area contributed by atoms with Crippen molar-refractivity contribution in [3.63, 3.8) is 0 Å². The van der Waals surface area contributed by atoms with Crippen LogP contribution in [0.5, 0.6) is 0 Å². The second kappa shape index (κ2) is 6.21. The Bertz CT molecular complexity index is 261. The Morgan fingerprint density at radius 1 is 1.69 bits per heavy atom. The third-order valence-corrected chi connectivity index (χ3v) is 1.30. The number of oxime groups is 1. The summed E-state index contributed by atoms with van der Waals surface area (Å²) in [6, 6.07) is 0. The van der Waals surface area contributed by atoms with Crippen LogP contribution in [-0.4, -0.2) is 24.3 Å². The van der Waals surface area contributed by atoms with E-state index in [2.05, 4.69) is 21.6 Å². The summed E-state index contributed by atoms with van der Waals surface area (Å²) in [5, 5.41) is 8.56. The molecule has 0 amide bonds. The first kappa shape index (κ1) is 11.7. The molecule has 0 aliphatic rings. The van der Waals surface area contributed by atoms with Gasteiger partial charge in [-0.1, -0.05) is 11.7 Å². The van der Waals surface area contributed by atoms with E-state index in [0.717, 1.165) is 11.9 Å². The number of aldehydes is 1. The molecule has 0 atom stereocenters. The second-order valence-electron chi connectivity index (χ2n) is 1.79. The van der Waals surface area contributed by atoms with Gasteiger partial charge in [0.2, 0.25) is 0 Å². The Kier molecular flexibility index (Phi) is 5.57. The van der Waals surface area contributed by atoms with Crippen molar-refractivity contribution in [2.75, 3.05) is 7.11 Å². The number of amidine groups is 1. The van der Waals surface area contributed by atoms with Crippen LogP contribution in [-0.2, 0) is 9.63 Å². The van der Waals surface area contributed by atoms with Gasteiger partial charge in [0.25, 0.3) is 0 Å². The molecule has 7 heteroatoms. The van der Waals surface area contributed by atoms with E-state index in [1.54, 1.807) is 0 Å². The van der Waals surface area contributed by atoms with Gasteiger partial charge in [0.05, 0.1) is 5.70 Å². The van der Waals surface area contributed by atoms with E-state index < -0.39 is 0 Å². The average molecular weight is 202 g/mol. The predicted octanol–water partition coefficient (Wildman–Crippen LogP) is -0.377. The fourth-order valence-electron chi connectivity index (χ4n) is 0.457. The maximum atomic E-state index is 10.4. The SMILES string of the molecule is C=C(N=C(N)SN)/C(C=O)=N/OC. The highest BCUT2D eigenvalue weighted by Crippen LogP contribution is 1.99. The van der Waals surface area contributed by atoms with Gasteiger partial charge in [0.15, 0.2) is 17.2 Å². The first-order chi connectivity index (χ1) is 6.15. The molecule has 0 spiro atoms. The van der Waals surface area contributed by atoms with Crippen molar-refractivity contribution in [2.45, 2.75) is 0 Å². The number of hydrogen-bond acceptors (Lipinski definition) is 6. The molecule has 0 aromatic carbocycles. The van der Waals surface area contributed by atoms with E-state index in [4.69, 9.17) is 10.9 Å². The van der Waals surface area contributed by atoms with E-state index in [-0.39, 0.29) is 16.6 Å². The molecule has 0 rings (SSSR count). The molecule has 0 aromatic rings. The molecule has 13 heavy (non-hydrogen) atoms. The van der Waals surface area contributed by atoms with Crippen molar-refractivity contribution in [3.8, 4) is 0 Å². The largest absolute Gasteiger partial charge is 0.398 e. The quantitative estimate of drug-likeness (QED) is 0.213. The fourth-order valence-corrected chi connectivity index (χ4v) is 0.620. The van der Waals surface area contributed by atoms with Gasteiger partial charge >= 0.3 is 0 Å². The van der Waals surface area contributed by atoms with Gasteiger partial charge in [-0.2, -0.15) is 0 Å². The van der Waals surface area contributed by atoms with E-state index in [0.29, 0.717) is 6.29 Å². The second-order valence-corrected chi connectivity index (χ2v) is 2.45. The minimum atomic E-state index is -0.0282. The number of hydrogen-bond donors (Lipinski definition) is 2. The summed E-state index contributed by atoms with van der Waals surface area (Å²) in [5.41, 5.74) is 5.35. The molecular weight excluding hydrogens is 192 g/mol. The summed E-state index contributed by atoms with van der Waals surface area (Å²) in [5.74, 6) is 0. The van der Waals surface area contributed by atoms with Gasteiger partial charge in [0.1, 0.15) is 7.11 Å². The molecule has 0 aliphatic carbocycles. The molecular formula is C6H10N4O2S. The van der Waals surface area contributed by atoms with Crippen molar-refractivity contribution >= 4 is 29.1 Å². The molecule has 0 heterocycles. The zero-order chi connectivity index (χ0) is 10.3. The highest BCUT2D eigenvalue weighted by Gasteiger charge is 2.03. The molecule has 0 saturated carbocycles. The highest BCUT2D eigenvalue weighted by atomic mass is 32.2. The van der Waals surface area contributed by atoms with Crippen molar-refractivity contribution in [3.05, 3.63) is 12.3 Å². The molecule has 72 valence electrons. The van der Waals surface area contributed by atoms with Crippen molar-refractivity contribution in [2.24, 2.45) is 21.0 Å². The summed E-state index contributed by atoms with van der Waals surface area (Å²) in [7, 11) is 1.31. The van der Waals surface area contributed by atoms with Crippen LogP contribution in [0.4, 0.5) is 0 Å². The standard InChI is InChI=1S/C6H10N4O2S/c1-4(9-6(7)13-8)5(3-11)10-12-2/h3H,1,8H2,2H3,(H2,7,9)/b10-5+. The molecule has 0 unspecified atom stereocenters. The number of nitrogens with two attached hydrogens (primary N) is 2. The number of carbonyl (C=O) groups excluding carboxylic acids is 1. The lowest BCUT2D eigenvalue weighted by atomic mass is 10.3. The first-order valence-corrected chi connectivity index (χ1v) is 4.00. The first-order valence-electron chi connectivity index (χ1n) is 3.12. The number of allylic oxidation sites excluding steroid dienone is 1. The van der Waals surface area contributed by atoms with Crippen molar-refractivity contribution in [1.82, 2.24) is 0 Å². The number of nitrogens with zero attached hydrogens (tertiary/aromatic N) is 2. The van der Waals surface area contributed by atoms with Crippen LogP contribution < -0.4 is 10.9 Å². The van der Waals surface area contributed by atoms with E-state index in [1.807, 2.05) is 0 Å². The van der Waals surface area contributed by atoms with Gasteiger partial charge < -0.3 is 10.6 Å². The molecule has 0 radical (unpaired) electrons. The average Bonchev–Trinajstić information content (AvgIpc) is 2.13. The minimum Gasteiger partial charge on any atom is -0.398 e. The molecule has 0 aromatic heterocycles. The summed E-state index contributed by atoms with van der Waals surface area (Å²) in [4.78, 5) is 18.4. The van der Waals surface area contributed by atoms with Crippen LogP contribution in [0.2, 0.25) is 0 Å². The topological polar surface area (TPSA) is 103 Å². The van der Waals surface area contributed by atoms with Crippen molar-refractivity contribution < 1.29 is 9.63 Å². The summed E-state index contributed by atoms with van der Waals surface area (Å²) < 4.78 is 0. The van der Waals surface area contributed by atoms with Gasteiger partial charge in [-0.3, -0.25) is 9.93 Å². The monoisotopic (exact) mass is 202 g/mol. The van der Waals surface area contributed by atoms with Gasteiger partial charge in [-0.15, -0.1) is 0 Å². The smallest absolute Gasteiger partial charge is 0.174 e. The molecule has 4 N–H and O–H groups in total. The maximum Gasteiger partial charge on any atom is 0.174 e. The number of aliphatic imine (C=N–C) groups is 1. The molecule has 0 bridgehead atoms. The third-order valence-electron chi connectivity index (χ3n) is 0.963. The summed E-state index contributed by atoms with van der Waals surface area (Å²) in [6.07, 6.45) is 0.462. The van der Waals surface area contributed by atoms with E-state index in [9.17, 15) is 4.79 Å². The Balaban J connectivity index is 4.58. The Hall–Kier alpha value is -1.34. The lowest BCUT2D eigenvalue weighted by molar-refractivity contribution is -0.102. The van der Waals surface area contributed by atoms with Crippen LogP contribution in [0.3, 0.4) is 0 Å². The van der Waals surface area contributed by atoms with Crippen LogP contribution in [0.1, 0.15) is 0 Å². The minimum absolute atomic E-state index is 0.0282. The Morgan fingerprint density at radius 2 is 2.31 bits per heavy atom. The molecule has 0 fully saturated rings. The third kappa shape index (κ3) is 4.28. The predicted molar refractivity (Wildman–Crippen MR) is 53.0 cm³/mol. The fraction of sp³-hybridized carbons (Fsp3) is 0.167. The Morgan fingerprint density at radius 3 is 2.69 bits per heavy atom. The number of carbonyl (C=O) groups is 1. The normalized spacial score (nSPS) is 12.5. The molecule has 0 aliphatic heterocycles. The Labute approximate surface area is 79.8 Å². The van der Waals surface area contributed by atoms with Crippen LogP contribution in [0.15, 0.2) is 22.4 Å². The lowest BCUT2D eigenvalue weighted by Gasteiger charge is -1.97. The lowest BCUT2D eigenvalue weighted by Crippen LogP contribution is -2.12. The van der Waals surface area contributed by atoms with Crippen LogP contribution in [0, 0.1) is 0 Å². The highest BCUT2D eigenvalue weighted by molar-refractivity contribution is 8.11. The van der Waals surface area contributed by atoms with Gasteiger partial charge in [0, 0.05) is 0 Å². The van der Waals surface area contributed by atoms with Crippen LogP contribution >= 0.6 is 11.9 Å². The zero-order valence-corrected chi connectivity index (χ0v) is 7.87. The maximum absolute atomic E-state index is 10.4. The summed E-state index contributed by atoms with van der Waals surface area (Å²) >= 11 is 0.754. The van der Waals surface area contributed by atoms with E-state index in [1.165, 1.54) is 7.11 Å². The zero-order valence-electron chi connectivity index (χ0n) is 7.06. The van der Waals surface area contributed by atoms with Crippen molar-refractivity contribution in [1.29, 1.82) is 0 Å². The summed E-state index contributed by atoms with van der Waals surface area (Å²) in [6.45, 7) is 3.45. The molecule has 0 saturated heterocycles. The van der Waals surface area contributed by atoms with E-state index >= 15 is 0 Å². The van der Waals surface area contributed by atoms with Gasteiger partial charge in [-0.25, -0.2) is 4.99 Å².